The van der Waals surface area contributed by atoms with Crippen LogP contribution < -0.4 is 10.6 Å². The molecule has 16 heavy (non-hydrogen) atoms. The van der Waals surface area contributed by atoms with E-state index in [4.69, 9.17) is 4.74 Å². The van der Waals surface area contributed by atoms with Crippen LogP contribution in [0.5, 0.6) is 0 Å². The zero-order valence-electron chi connectivity index (χ0n) is 11.0. The Hall–Kier alpha value is -0.610. The van der Waals surface area contributed by atoms with Gasteiger partial charge >= 0.3 is 0 Å². The predicted octanol–water partition coefficient (Wildman–Crippen LogP) is 1.16. The topological polar surface area (TPSA) is 50.4 Å². The first-order chi connectivity index (χ1) is 7.52. The molecule has 0 atom stereocenters. The van der Waals surface area contributed by atoms with E-state index in [-0.39, 0.29) is 12.0 Å². The maximum atomic E-state index is 11.3. The summed E-state index contributed by atoms with van der Waals surface area (Å²) in [6.45, 7) is 11.2. The average molecular weight is 230 g/mol. The molecule has 1 amide bonds. The monoisotopic (exact) mass is 230 g/mol. The average Bonchev–Trinajstić information content (AvgIpc) is 2.19. The normalized spacial score (nSPS) is 11.1. The molecule has 0 aliphatic rings. The van der Waals surface area contributed by atoms with Gasteiger partial charge in [-0.25, -0.2) is 0 Å². The Balaban J connectivity index is 3.21. The van der Waals surface area contributed by atoms with E-state index >= 15 is 0 Å². The molecule has 96 valence electrons. The lowest BCUT2D eigenvalue weighted by molar-refractivity contribution is -0.121. The highest BCUT2D eigenvalue weighted by molar-refractivity contribution is 5.76. The Morgan fingerprint density at radius 1 is 1.19 bits per heavy atom. The van der Waals surface area contributed by atoms with Crippen molar-refractivity contribution < 1.29 is 9.53 Å². The van der Waals surface area contributed by atoms with Gasteiger partial charge in [0.15, 0.2) is 0 Å². The molecule has 0 radical (unpaired) electrons. The number of rotatable bonds is 9. The van der Waals surface area contributed by atoms with Gasteiger partial charge in [0.25, 0.3) is 0 Å². The van der Waals surface area contributed by atoms with Gasteiger partial charge in [-0.15, -0.1) is 0 Å². The molecular weight excluding hydrogens is 204 g/mol. The molecule has 4 heteroatoms. The van der Waals surface area contributed by atoms with Crippen molar-refractivity contribution in [3.05, 3.63) is 0 Å². The van der Waals surface area contributed by atoms with Crippen LogP contribution in [0.2, 0.25) is 0 Å². The van der Waals surface area contributed by atoms with Crippen molar-refractivity contribution in [3.63, 3.8) is 0 Å². The lowest BCUT2D eigenvalue weighted by Gasteiger charge is -2.09. The van der Waals surface area contributed by atoms with Crippen molar-refractivity contribution in [2.24, 2.45) is 5.92 Å². The van der Waals surface area contributed by atoms with E-state index in [0.29, 0.717) is 25.5 Å². The second kappa shape index (κ2) is 9.60. The van der Waals surface area contributed by atoms with Gasteiger partial charge in [0, 0.05) is 26.1 Å². The minimum atomic E-state index is 0.117. The highest BCUT2D eigenvalue weighted by Gasteiger charge is 2.01. The molecule has 4 nitrogen and oxygen atoms in total. The molecule has 0 heterocycles. The first-order valence-corrected chi connectivity index (χ1v) is 6.11. The number of ether oxygens (including phenoxy) is 1. The molecule has 0 rings (SSSR count). The molecule has 0 unspecified atom stereocenters. The summed E-state index contributed by atoms with van der Waals surface area (Å²) in [5, 5.41) is 6.05. The van der Waals surface area contributed by atoms with Crippen LogP contribution in [0, 0.1) is 5.92 Å². The van der Waals surface area contributed by atoms with Gasteiger partial charge in [-0.1, -0.05) is 13.8 Å². The van der Waals surface area contributed by atoms with E-state index < -0.39 is 0 Å². The maximum Gasteiger partial charge on any atom is 0.221 e. The molecule has 0 bridgehead atoms. The fourth-order valence-corrected chi connectivity index (χ4v) is 1.10. The Morgan fingerprint density at radius 2 is 1.88 bits per heavy atom. The second-order valence-electron chi connectivity index (χ2n) is 4.62. The third-order valence-corrected chi connectivity index (χ3v) is 1.97. The van der Waals surface area contributed by atoms with Crippen molar-refractivity contribution in [1.29, 1.82) is 0 Å². The van der Waals surface area contributed by atoms with Gasteiger partial charge in [0.1, 0.15) is 0 Å². The van der Waals surface area contributed by atoms with Gasteiger partial charge < -0.3 is 15.4 Å². The number of carbonyl (C=O) groups excluding carboxylic acids is 1. The quantitative estimate of drug-likeness (QED) is 0.584. The van der Waals surface area contributed by atoms with E-state index in [2.05, 4.69) is 24.5 Å². The van der Waals surface area contributed by atoms with Crippen LogP contribution in [-0.2, 0) is 9.53 Å². The Labute approximate surface area is 99.1 Å². The maximum absolute atomic E-state index is 11.3. The SMILES string of the molecule is CC(C)CNC(=O)CCNCCOC(C)C. The second-order valence-corrected chi connectivity index (χ2v) is 4.62. The number of nitrogens with one attached hydrogen (secondary N) is 2. The highest BCUT2D eigenvalue weighted by Crippen LogP contribution is 1.88. The first kappa shape index (κ1) is 15.4. The third-order valence-electron chi connectivity index (χ3n) is 1.97. The van der Waals surface area contributed by atoms with Crippen LogP contribution in [0.4, 0.5) is 0 Å². The fourth-order valence-electron chi connectivity index (χ4n) is 1.10. The van der Waals surface area contributed by atoms with Crippen molar-refractivity contribution in [3.8, 4) is 0 Å². The summed E-state index contributed by atoms with van der Waals surface area (Å²) in [6.07, 6.45) is 0.810. The number of amides is 1. The molecular formula is C12H26N2O2. The van der Waals surface area contributed by atoms with Crippen LogP contribution >= 0.6 is 0 Å². The van der Waals surface area contributed by atoms with Crippen molar-refractivity contribution >= 4 is 5.91 Å². The van der Waals surface area contributed by atoms with Crippen LogP contribution in [-0.4, -0.2) is 38.3 Å². The molecule has 0 aliphatic carbocycles. The van der Waals surface area contributed by atoms with Crippen LogP contribution in [0.3, 0.4) is 0 Å². The van der Waals surface area contributed by atoms with Gasteiger partial charge in [-0.2, -0.15) is 0 Å². The van der Waals surface area contributed by atoms with Crippen LogP contribution in [0.1, 0.15) is 34.1 Å². The smallest absolute Gasteiger partial charge is 0.221 e. The van der Waals surface area contributed by atoms with Crippen molar-refractivity contribution in [2.45, 2.75) is 40.2 Å². The summed E-state index contributed by atoms with van der Waals surface area (Å²) in [5.74, 6) is 0.627. The summed E-state index contributed by atoms with van der Waals surface area (Å²) >= 11 is 0. The van der Waals surface area contributed by atoms with Gasteiger partial charge in [-0.05, 0) is 19.8 Å². The van der Waals surface area contributed by atoms with Crippen molar-refractivity contribution in [1.82, 2.24) is 10.6 Å². The van der Waals surface area contributed by atoms with E-state index in [0.717, 1.165) is 13.1 Å². The first-order valence-electron chi connectivity index (χ1n) is 6.11. The Morgan fingerprint density at radius 3 is 2.44 bits per heavy atom. The van der Waals surface area contributed by atoms with Crippen molar-refractivity contribution in [2.75, 3.05) is 26.2 Å². The number of carbonyl (C=O) groups is 1. The van der Waals surface area contributed by atoms with Gasteiger partial charge in [0.05, 0.1) is 12.7 Å². The zero-order valence-corrected chi connectivity index (χ0v) is 11.0. The summed E-state index contributed by atoms with van der Waals surface area (Å²) in [6, 6.07) is 0. The molecule has 2 N–H and O–H groups in total. The number of hydrogen-bond donors (Lipinski definition) is 2. The molecule has 0 aromatic heterocycles. The summed E-state index contributed by atoms with van der Waals surface area (Å²) < 4.78 is 5.36. The largest absolute Gasteiger partial charge is 0.377 e. The number of hydrogen-bond acceptors (Lipinski definition) is 3. The van der Waals surface area contributed by atoms with Crippen LogP contribution in [0.25, 0.3) is 0 Å². The highest BCUT2D eigenvalue weighted by atomic mass is 16.5. The standard InChI is InChI=1S/C12H26N2O2/c1-10(2)9-14-12(15)5-6-13-7-8-16-11(3)4/h10-11,13H,5-9H2,1-4H3,(H,14,15). The van der Waals surface area contributed by atoms with E-state index in [1.54, 1.807) is 0 Å². The molecule has 0 spiro atoms. The van der Waals surface area contributed by atoms with E-state index in [1.807, 2.05) is 13.8 Å². The molecule has 0 saturated heterocycles. The lowest BCUT2D eigenvalue weighted by atomic mass is 10.2. The Kier molecular flexibility index (Phi) is 9.24. The third kappa shape index (κ3) is 11.5. The molecule has 0 saturated carbocycles. The van der Waals surface area contributed by atoms with Gasteiger partial charge in [0.2, 0.25) is 5.91 Å². The fraction of sp³-hybridized carbons (Fsp3) is 0.917. The zero-order chi connectivity index (χ0) is 12.4. The van der Waals surface area contributed by atoms with E-state index in [1.165, 1.54) is 0 Å². The molecule has 0 aromatic rings. The summed E-state index contributed by atoms with van der Waals surface area (Å²) in [5.41, 5.74) is 0. The molecule has 0 aliphatic heterocycles. The summed E-state index contributed by atoms with van der Waals surface area (Å²) in [7, 11) is 0. The van der Waals surface area contributed by atoms with E-state index in [9.17, 15) is 4.79 Å². The molecule has 0 aromatic carbocycles. The minimum absolute atomic E-state index is 0.117. The molecule has 0 fully saturated rings. The van der Waals surface area contributed by atoms with Gasteiger partial charge in [-0.3, -0.25) is 4.79 Å². The Bertz CT molecular complexity index is 182. The predicted molar refractivity (Wildman–Crippen MR) is 66.4 cm³/mol. The summed E-state index contributed by atoms with van der Waals surface area (Å²) in [4.78, 5) is 11.3. The minimum Gasteiger partial charge on any atom is -0.377 e. The lowest BCUT2D eigenvalue weighted by Crippen LogP contribution is -2.31. The van der Waals surface area contributed by atoms with Crippen LogP contribution in [0.15, 0.2) is 0 Å².